The highest BCUT2D eigenvalue weighted by atomic mass is 14.9. The average Bonchev–Trinajstić information content (AvgIpc) is 2.38. The van der Waals surface area contributed by atoms with Gasteiger partial charge < -0.3 is 5.32 Å². The summed E-state index contributed by atoms with van der Waals surface area (Å²) >= 11 is 0. The van der Waals surface area contributed by atoms with E-state index in [1.54, 1.807) is 0 Å². The zero-order valence-corrected chi connectivity index (χ0v) is 14.1. The lowest BCUT2D eigenvalue weighted by Crippen LogP contribution is -2.29. The van der Waals surface area contributed by atoms with Crippen molar-refractivity contribution < 1.29 is 0 Å². The fourth-order valence-corrected chi connectivity index (χ4v) is 2.97. The predicted molar refractivity (Wildman–Crippen MR) is 90.3 cm³/mol. The molecule has 0 radical (unpaired) electrons. The second-order valence-corrected chi connectivity index (χ2v) is 6.35. The van der Waals surface area contributed by atoms with E-state index >= 15 is 0 Å². The minimum absolute atomic E-state index is 0.446. The Hall–Kier alpha value is -0.820. The van der Waals surface area contributed by atoms with Gasteiger partial charge in [-0.05, 0) is 45.2 Å². The van der Waals surface area contributed by atoms with E-state index in [4.69, 9.17) is 0 Å². The van der Waals surface area contributed by atoms with E-state index in [1.165, 1.54) is 55.2 Å². The van der Waals surface area contributed by atoms with Crippen LogP contribution in [0.4, 0.5) is 0 Å². The Morgan fingerprint density at radius 2 is 1.70 bits per heavy atom. The Labute approximate surface area is 126 Å². The normalized spacial score (nSPS) is 14.2. The van der Waals surface area contributed by atoms with Crippen LogP contribution >= 0.6 is 0 Å². The smallest absolute Gasteiger partial charge is 0.0296 e. The Bertz CT molecular complexity index is 383. The Kier molecular flexibility index (Phi) is 7.91. The topological polar surface area (TPSA) is 12.0 Å². The predicted octanol–water partition coefficient (Wildman–Crippen LogP) is 5.70. The van der Waals surface area contributed by atoms with Crippen molar-refractivity contribution in [3.05, 3.63) is 34.9 Å². The van der Waals surface area contributed by atoms with Crippen molar-refractivity contribution in [2.75, 3.05) is 0 Å². The second-order valence-electron chi connectivity index (χ2n) is 6.35. The van der Waals surface area contributed by atoms with E-state index in [0.717, 1.165) is 0 Å². The molecule has 20 heavy (non-hydrogen) atoms. The molecule has 0 fully saturated rings. The monoisotopic (exact) mass is 275 g/mol. The highest BCUT2D eigenvalue weighted by Gasteiger charge is 2.11. The van der Waals surface area contributed by atoms with E-state index in [1.807, 2.05) is 0 Å². The second kappa shape index (κ2) is 9.18. The van der Waals surface area contributed by atoms with Gasteiger partial charge in [0.15, 0.2) is 0 Å². The molecular weight excluding hydrogens is 242 g/mol. The van der Waals surface area contributed by atoms with Crippen LogP contribution in [0.1, 0.15) is 82.0 Å². The molecular formula is C19H33N. The minimum atomic E-state index is 0.446. The summed E-state index contributed by atoms with van der Waals surface area (Å²) in [6.07, 6.45) is 8.15. The zero-order chi connectivity index (χ0) is 15.0. The fourth-order valence-electron chi connectivity index (χ4n) is 2.97. The molecule has 1 rings (SSSR count). The summed E-state index contributed by atoms with van der Waals surface area (Å²) < 4.78 is 0. The van der Waals surface area contributed by atoms with Gasteiger partial charge in [0.05, 0.1) is 0 Å². The minimum Gasteiger partial charge on any atom is -0.308 e. The summed E-state index contributed by atoms with van der Waals surface area (Å²) in [7, 11) is 0. The van der Waals surface area contributed by atoms with Crippen LogP contribution in [-0.2, 0) is 0 Å². The molecule has 0 amide bonds. The molecule has 0 spiro atoms. The van der Waals surface area contributed by atoms with Crippen molar-refractivity contribution in [2.45, 2.75) is 85.2 Å². The maximum atomic E-state index is 3.75. The van der Waals surface area contributed by atoms with Crippen LogP contribution in [0.5, 0.6) is 0 Å². The lowest BCUT2D eigenvalue weighted by molar-refractivity contribution is 0.436. The molecule has 0 heterocycles. The number of rotatable bonds is 9. The molecule has 0 saturated heterocycles. The highest BCUT2D eigenvalue weighted by molar-refractivity contribution is 5.32. The van der Waals surface area contributed by atoms with Crippen LogP contribution in [-0.4, -0.2) is 6.04 Å². The van der Waals surface area contributed by atoms with Gasteiger partial charge in [-0.25, -0.2) is 0 Å². The molecule has 1 aromatic carbocycles. The van der Waals surface area contributed by atoms with E-state index in [0.29, 0.717) is 12.1 Å². The van der Waals surface area contributed by atoms with Crippen LogP contribution in [0.15, 0.2) is 18.2 Å². The van der Waals surface area contributed by atoms with Crippen LogP contribution in [0.2, 0.25) is 0 Å². The van der Waals surface area contributed by atoms with Crippen molar-refractivity contribution in [1.82, 2.24) is 5.32 Å². The van der Waals surface area contributed by atoms with Gasteiger partial charge in [-0.2, -0.15) is 0 Å². The lowest BCUT2D eigenvalue weighted by atomic mass is 9.99. The number of aryl methyl sites for hydroxylation is 2. The summed E-state index contributed by atoms with van der Waals surface area (Å²) in [4.78, 5) is 0. The van der Waals surface area contributed by atoms with Gasteiger partial charge in [0.1, 0.15) is 0 Å². The summed E-state index contributed by atoms with van der Waals surface area (Å²) in [5.41, 5.74) is 4.19. The summed E-state index contributed by atoms with van der Waals surface area (Å²) in [5, 5.41) is 3.75. The molecule has 114 valence electrons. The fraction of sp³-hybridized carbons (Fsp3) is 0.684. The molecule has 1 aromatic rings. The van der Waals surface area contributed by atoms with Gasteiger partial charge in [0.2, 0.25) is 0 Å². The lowest BCUT2D eigenvalue weighted by Gasteiger charge is -2.22. The van der Waals surface area contributed by atoms with Crippen molar-refractivity contribution >= 4 is 0 Å². The van der Waals surface area contributed by atoms with Crippen molar-refractivity contribution in [2.24, 2.45) is 0 Å². The average molecular weight is 275 g/mol. The number of hydrogen-bond donors (Lipinski definition) is 1. The van der Waals surface area contributed by atoms with Gasteiger partial charge in [-0.15, -0.1) is 0 Å². The first-order valence-electron chi connectivity index (χ1n) is 8.37. The SMILES string of the molecule is CCCCCCCC(C)NC(C)c1ccc(C)cc1C. The van der Waals surface area contributed by atoms with E-state index < -0.39 is 0 Å². The number of hydrogen-bond acceptors (Lipinski definition) is 1. The van der Waals surface area contributed by atoms with Crippen LogP contribution in [0.25, 0.3) is 0 Å². The molecule has 0 aliphatic heterocycles. The van der Waals surface area contributed by atoms with Crippen LogP contribution in [0, 0.1) is 13.8 Å². The molecule has 0 aliphatic carbocycles. The quantitative estimate of drug-likeness (QED) is 0.570. The van der Waals surface area contributed by atoms with Crippen molar-refractivity contribution in [1.29, 1.82) is 0 Å². The maximum absolute atomic E-state index is 3.75. The van der Waals surface area contributed by atoms with Crippen molar-refractivity contribution in [3.8, 4) is 0 Å². The third kappa shape index (κ3) is 6.09. The number of benzene rings is 1. The first-order chi connectivity index (χ1) is 9.54. The summed E-state index contributed by atoms with van der Waals surface area (Å²) in [5.74, 6) is 0. The van der Waals surface area contributed by atoms with Gasteiger partial charge >= 0.3 is 0 Å². The van der Waals surface area contributed by atoms with Crippen molar-refractivity contribution in [3.63, 3.8) is 0 Å². The van der Waals surface area contributed by atoms with Gasteiger partial charge in [0.25, 0.3) is 0 Å². The summed E-state index contributed by atoms with van der Waals surface area (Å²) in [6.45, 7) is 11.3. The van der Waals surface area contributed by atoms with Gasteiger partial charge in [-0.3, -0.25) is 0 Å². The van der Waals surface area contributed by atoms with E-state index in [2.05, 4.69) is 58.1 Å². The Morgan fingerprint density at radius 3 is 2.35 bits per heavy atom. The molecule has 1 heteroatoms. The standard InChI is InChI=1S/C19H33N/c1-6-7-8-9-10-11-17(4)20-18(5)19-13-12-15(2)14-16(19)3/h12-14,17-18,20H,6-11H2,1-5H3. The molecule has 0 bridgehead atoms. The Morgan fingerprint density at radius 1 is 1.00 bits per heavy atom. The largest absolute Gasteiger partial charge is 0.308 e. The molecule has 2 unspecified atom stereocenters. The van der Waals surface area contributed by atoms with E-state index in [-0.39, 0.29) is 0 Å². The molecule has 0 aliphatic rings. The first-order valence-corrected chi connectivity index (χ1v) is 8.37. The molecule has 2 atom stereocenters. The first kappa shape index (κ1) is 17.2. The summed E-state index contributed by atoms with van der Waals surface area (Å²) in [6, 6.07) is 7.82. The number of unbranched alkanes of at least 4 members (excludes halogenated alkanes) is 4. The third-order valence-electron chi connectivity index (χ3n) is 4.17. The van der Waals surface area contributed by atoms with Crippen LogP contribution < -0.4 is 5.32 Å². The highest BCUT2D eigenvalue weighted by Crippen LogP contribution is 2.20. The van der Waals surface area contributed by atoms with Gasteiger partial charge in [-0.1, -0.05) is 62.8 Å². The molecule has 1 nitrogen and oxygen atoms in total. The zero-order valence-electron chi connectivity index (χ0n) is 14.1. The molecule has 0 aromatic heterocycles. The maximum Gasteiger partial charge on any atom is 0.0296 e. The molecule has 0 saturated carbocycles. The third-order valence-corrected chi connectivity index (χ3v) is 4.17. The van der Waals surface area contributed by atoms with Crippen LogP contribution in [0.3, 0.4) is 0 Å². The molecule has 1 N–H and O–H groups in total. The van der Waals surface area contributed by atoms with Gasteiger partial charge in [0, 0.05) is 12.1 Å². The van der Waals surface area contributed by atoms with E-state index in [9.17, 15) is 0 Å². The number of nitrogens with one attached hydrogen (secondary N) is 1. The Balaban J connectivity index is 2.35.